The van der Waals surface area contributed by atoms with Crippen LogP contribution >= 0.6 is 0 Å². The molecule has 0 radical (unpaired) electrons. The van der Waals surface area contributed by atoms with Gasteiger partial charge in [0, 0.05) is 0 Å². The number of imide groups is 1. The fourth-order valence-corrected chi connectivity index (χ4v) is 6.64. The zero-order valence-electron chi connectivity index (χ0n) is 23.4. The Bertz CT molecular complexity index is 1060. The maximum absolute atomic E-state index is 14.0. The summed E-state index contributed by atoms with van der Waals surface area (Å²) in [6.07, 6.45) is 6.42. The first-order valence-electron chi connectivity index (χ1n) is 14.2. The smallest absolute Gasteiger partial charge is 0.416 e. The van der Waals surface area contributed by atoms with E-state index in [2.05, 4.69) is 19.6 Å². The lowest BCUT2D eigenvalue weighted by atomic mass is 9.90. The Labute approximate surface area is 228 Å². The zero-order valence-corrected chi connectivity index (χ0v) is 24.4. The van der Waals surface area contributed by atoms with Crippen molar-refractivity contribution in [1.29, 1.82) is 0 Å². The summed E-state index contributed by atoms with van der Waals surface area (Å²) < 4.78 is 18.3. The van der Waals surface area contributed by atoms with Gasteiger partial charge in [-0.2, -0.15) is 0 Å². The van der Waals surface area contributed by atoms with Gasteiger partial charge in [-0.25, -0.2) is 9.69 Å². The third kappa shape index (κ3) is 7.47. The van der Waals surface area contributed by atoms with E-state index in [1.54, 1.807) is 0 Å². The van der Waals surface area contributed by atoms with Crippen molar-refractivity contribution in [2.24, 2.45) is 11.8 Å². The quantitative estimate of drug-likeness (QED) is 0.285. The van der Waals surface area contributed by atoms with Gasteiger partial charge in [-0.05, 0) is 74.5 Å². The Morgan fingerprint density at radius 3 is 2.47 bits per heavy atom. The highest BCUT2D eigenvalue weighted by Crippen LogP contribution is 2.36. The summed E-state index contributed by atoms with van der Waals surface area (Å²) in [5.74, 6) is 0.670. The Hall–Kier alpha value is -2.64. The number of carbonyl (C=O) groups is 2. The van der Waals surface area contributed by atoms with E-state index < -0.39 is 26.4 Å². The second-order valence-electron chi connectivity index (χ2n) is 11.7. The van der Waals surface area contributed by atoms with E-state index in [0.29, 0.717) is 18.8 Å². The van der Waals surface area contributed by atoms with Crippen LogP contribution in [0.2, 0.25) is 19.6 Å². The van der Waals surface area contributed by atoms with Crippen molar-refractivity contribution in [2.45, 2.75) is 83.7 Å². The third-order valence-corrected chi connectivity index (χ3v) is 8.47. The summed E-state index contributed by atoms with van der Waals surface area (Å²) in [7, 11) is -2.05. The van der Waals surface area contributed by atoms with Gasteiger partial charge in [-0.15, -0.1) is 0 Å². The first-order valence-corrected chi connectivity index (χ1v) is 17.6. The predicted molar refractivity (Wildman–Crippen MR) is 152 cm³/mol. The molecule has 0 N–H and O–H groups in total. The van der Waals surface area contributed by atoms with E-state index in [9.17, 15) is 9.59 Å². The van der Waals surface area contributed by atoms with Crippen molar-refractivity contribution >= 4 is 20.3 Å². The minimum atomic E-state index is -2.05. The number of cyclic esters (lactones) is 1. The van der Waals surface area contributed by atoms with Crippen molar-refractivity contribution in [3.63, 3.8) is 0 Å². The number of hydrogen-bond donors (Lipinski definition) is 0. The molecule has 2 unspecified atom stereocenters. The monoisotopic (exact) mass is 537 g/mol. The van der Waals surface area contributed by atoms with Gasteiger partial charge in [0.05, 0.1) is 24.7 Å². The molecule has 0 aromatic heterocycles. The van der Waals surface area contributed by atoms with E-state index in [0.717, 1.165) is 23.5 Å². The number of hydrogen-bond acceptors (Lipinski definition) is 5. The summed E-state index contributed by atoms with van der Waals surface area (Å²) in [6.45, 7) is 9.30. The van der Waals surface area contributed by atoms with Crippen LogP contribution in [0.3, 0.4) is 0 Å². The van der Waals surface area contributed by atoms with Gasteiger partial charge in [-0.3, -0.25) is 4.79 Å². The molecule has 1 aliphatic heterocycles. The normalized spacial score (nSPS) is 20.2. The molecule has 0 spiro atoms. The van der Waals surface area contributed by atoms with E-state index in [1.807, 2.05) is 61.5 Å². The van der Waals surface area contributed by atoms with Crippen molar-refractivity contribution in [1.82, 2.24) is 4.90 Å². The molecule has 1 saturated carbocycles. The summed E-state index contributed by atoms with van der Waals surface area (Å²) in [5, 5.41) is 0. The van der Waals surface area contributed by atoms with Crippen LogP contribution in [0, 0.1) is 11.8 Å². The average molecular weight is 538 g/mol. The predicted octanol–water partition coefficient (Wildman–Crippen LogP) is 7.15. The molecule has 6 nitrogen and oxygen atoms in total. The lowest BCUT2D eigenvalue weighted by molar-refractivity contribution is -0.137. The molecule has 2 fully saturated rings. The van der Waals surface area contributed by atoms with Gasteiger partial charge in [0.25, 0.3) is 0 Å². The summed E-state index contributed by atoms with van der Waals surface area (Å²) >= 11 is 0. The van der Waals surface area contributed by atoms with Crippen LogP contribution in [0.5, 0.6) is 5.75 Å². The van der Waals surface area contributed by atoms with Gasteiger partial charge in [0.15, 0.2) is 8.32 Å². The molecule has 206 valence electrons. The zero-order chi connectivity index (χ0) is 27.1. The van der Waals surface area contributed by atoms with Gasteiger partial charge in [-0.1, -0.05) is 68.7 Å². The lowest BCUT2D eigenvalue weighted by Gasteiger charge is -2.34. The maximum Gasteiger partial charge on any atom is 0.416 e. The second-order valence-corrected chi connectivity index (χ2v) is 16.1. The summed E-state index contributed by atoms with van der Waals surface area (Å²) in [4.78, 5) is 28.2. The number of ether oxygens (including phenoxy) is 2. The summed E-state index contributed by atoms with van der Waals surface area (Å²) in [5.41, 5.74) is 1.99. The molecule has 1 saturated heterocycles. The molecular formula is C31H43NO5Si. The van der Waals surface area contributed by atoms with Crippen LogP contribution in [0.4, 0.5) is 4.79 Å². The van der Waals surface area contributed by atoms with E-state index >= 15 is 0 Å². The highest BCUT2D eigenvalue weighted by Gasteiger charge is 2.44. The fraction of sp³-hybridized carbons (Fsp3) is 0.548. The van der Waals surface area contributed by atoms with Crippen LogP contribution in [-0.2, 0) is 20.4 Å². The van der Waals surface area contributed by atoms with Gasteiger partial charge < -0.3 is 13.9 Å². The maximum atomic E-state index is 14.0. The van der Waals surface area contributed by atoms with Crippen molar-refractivity contribution < 1.29 is 23.5 Å². The van der Waals surface area contributed by atoms with E-state index in [4.69, 9.17) is 13.9 Å². The number of carbonyl (C=O) groups excluding carboxylic acids is 2. The van der Waals surface area contributed by atoms with Crippen LogP contribution < -0.4 is 4.74 Å². The van der Waals surface area contributed by atoms with Crippen molar-refractivity contribution in [3.05, 3.63) is 65.7 Å². The Morgan fingerprint density at radius 2 is 1.79 bits per heavy atom. The molecule has 4 rings (SSSR count). The molecule has 2 aliphatic rings. The third-order valence-electron chi connectivity index (χ3n) is 7.51. The SMILES string of the molecule is CCC(C(=O)N1C(=O)OCC1Cc1ccccc1)[C@@H](O[Si](C)(C)C)c1cccc(OCC2CCCCC2)c1. The molecule has 3 atom stereocenters. The molecule has 1 heterocycles. The van der Waals surface area contributed by atoms with Crippen LogP contribution in [0.25, 0.3) is 0 Å². The van der Waals surface area contributed by atoms with Gasteiger partial charge in [0.1, 0.15) is 12.4 Å². The molecule has 38 heavy (non-hydrogen) atoms. The van der Waals surface area contributed by atoms with Crippen LogP contribution in [0.15, 0.2) is 54.6 Å². The van der Waals surface area contributed by atoms with Gasteiger partial charge in [0.2, 0.25) is 5.91 Å². The van der Waals surface area contributed by atoms with E-state index in [1.165, 1.54) is 37.0 Å². The van der Waals surface area contributed by atoms with E-state index in [-0.39, 0.29) is 18.6 Å². The number of nitrogens with zero attached hydrogens (tertiary/aromatic N) is 1. The fourth-order valence-electron chi connectivity index (χ4n) is 5.58. The highest BCUT2D eigenvalue weighted by molar-refractivity contribution is 6.69. The Kier molecular flexibility index (Phi) is 9.66. The first kappa shape index (κ1) is 28.4. The van der Waals surface area contributed by atoms with Crippen LogP contribution in [0.1, 0.15) is 62.7 Å². The molecule has 0 bridgehead atoms. The Balaban J connectivity index is 1.56. The highest BCUT2D eigenvalue weighted by atomic mass is 28.4. The topological polar surface area (TPSA) is 65.1 Å². The molecule has 2 aromatic carbocycles. The Morgan fingerprint density at radius 1 is 1.05 bits per heavy atom. The van der Waals surface area contributed by atoms with Gasteiger partial charge >= 0.3 is 6.09 Å². The largest absolute Gasteiger partial charge is 0.493 e. The molecule has 2 aromatic rings. The van der Waals surface area contributed by atoms with Crippen LogP contribution in [-0.4, -0.2) is 44.5 Å². The first-order chi connectivity index (χ1) is 18.2. The second kappa shape index (κ2) is 12.9. The molecule has 1 aliphatic carbocycles. The molecule has 7 heteroatoms. The standard InChI is InChI=1S/C31H43NO5Si/c1-5-28(30(33)32-26(22-36-31(32)34)19-23-13-8-6-9-14-23)29(37-38(2,3)4)25-17-12-18-27(20-25)35-21-24-15-10-7-11-16-24/h6,8-9,12-14,17-18,20,24,26,28-29H,5,7,10-11,15-16,19,21-22H2,1-4H3/t26?,28?,29-/m0/s1. The number of rotatable bonds is 11. The lowest BCUT2D eigenvalue weighted by Crippen LogP contribution is -2.46. The minimum absolute atomic E-state index is 0.208. The molecular weight excluding hydrogens is 494 g/mol. The number of benzene rings is 2. The van der Waals surface area contributed by atoms with Crippen molar-refractivity contribution in [2.75, 3.05) is 13.2 Å². The molecule has 2 amide bonds. The minimum Gasteiger partial charge on any atom is -0.493 e. The summed E-state index contributed by atoms with van der Waals surface area (Å²) in [6, 6.07) is 17.6. The number of amides is 2. The van der Waals surface area contributed by atoms with Crippen molar-refractivity contribution in [3.8, 4) is 5.75 Å². The average Bonchev–Trinajstić information content (AvgIpc) is 3.27.